The van der Waals surface area contributed by atoms with E-state index in [9.17, 15) is 9.18 Å². The van der Waals surface area contributed by atoms with Crippen molar-refractivity contribution in [3.63, 3.8) is 0 Å². The number of nitrogens with zero attached hydrogens (tertiary/aromatic N) is 2. The zero-order chi connectivity index (χ0) is 21.8. The first kappa shape index (κ1) is 20.8. The van der Waals surface area contributed by atoms with E-state index in [1.165, 1.54) is 12.1 Å². The molecule has 0 radical (unpaired) electrons. The van der Waals surface area contributed by atoms with Crippen molar-refractivity contribution in [3.8, 4) is 0 Å². The maximum atomic E-state index is 14.4. The Balaban J connectivity index is 1.63. The summed E-state index contributed by atoms with van der Waals surface area (Å²) in [7, 11) is 0. The van der Waals surface area contributed by atoms with Crippen molar-refractivity contribution in [2.24, 2.45) is 0 Å². The third kappa shape index (κ3) is 4.67. The highest BCUT2D eigenvalue weighted by Crippen LogP contribution is 2.26. The summed E-state index contributed by atoms with van der Waals surface area (Å²) in [6.45, 7) is 2.07. The lowest BCUT2D eigenvalue weighted by Crippen LogP contribution is -2.27. The van der Waals surface area contributed by atoms with Crippen LogP contribution in [0.1, 0.15) is 29.9 Å². The van der Waals surface area contributed by atoms with E-state index in [-0.39, 0.29) is 18.3 Å². The summed E-state index contributed by atoms with van der Waals surface area (Å²) in [4.78, 5) is 17.2. The monoisotopic (exact) mass is 433 g/mol. The van der Waals surface area contributed by atoms with E-state index in [1.807, 2.05) is 66.1 Å². The summed E-state index contributed by atoms with van der Waals surface area (Å²) in [5.74, 6) is 0.0135. The maximum absolute atomic E-state index is 14.4. The first-order valence-corrected chi connectivity index (χ1v) is 10.3. The van der Waals surface area contributed by atoms with Gasteiger partial charge in [0.1, 0.15) is 11.6 Å². The van der Waals surface area contributed by atoms with Crippen molar-refractivity contribution >= 4 is 34.6 Å². The van der Waals surface area contributed by atoms with Gasteiger partial charge in [-0.3, -0.25) is 4.79 Å². The molecule has 1 heterocycles. The van der Waals surface area contributed by atoms with E-state index in [1.54, 1.807) is 18.2 Å². The van der Waals surface area contributed by atoms with Crippen molar-refractivity contribution in [2.75, 3.05) is 0 Å². The second-order valence-electron chi connectivity index (χ2n) is 7.22. The molecule has 0 spiro atoms. The second kappa shape index (κ2) is 9.14. The molecule has 0 saturated carbocycles. The Bertz CT molecular complexity index is 1230. The fourth-order valence-corrected chi connectivity index (χ4v) is 3.72. The van der Waals surface area contributed by atoms with Crippen LogP contribution in [-0.4, -0.2) is 15.5 Å². The van der Waals surface area contributed by atoms with Crippen LogP contribution in [0.3, 0.4) is 0 Å². The topological polar surface area (TPSA) is 46.9 Å². The van der Waals surface area contributed by atoms with Crippen LogP contribution >= 0.6 is 11.6 Å². The Hall–Kier alpha value is -3.44. The van der Waals surface area contributed by atoms with E-state index < -0.39 is 6.04 Å². The summed E-state index contributed by atoms with van der Waals surface area (Å²) in [5, 5.41) is 3.30. The molecule has 4 nitrogen and oxygen atoms in total. The average molecular weight is 434 g/mol. The van der Waals surface area contributed by atoms with Crippen LogP contribution in [0.25, 0.3) is 17.1 Å². The van der Waals surface area contributed by atoms with E-state index in [4.69, 9.17) is 16.6 Å². The molecular weight excluding hydrogens is 413 g/mol. The van der Waals surface area contributed by atoms with Gasteiger partial charge < -0.3 is 9.88 Å². The van der Waals surface area contributed by atoms with Crippen molar-refractivity contribution in [1.29, 1.82) is 0 Å². The Morgan fingerprint density at radius 3 is 2.61 bits per heavy atom. The number of hydrogen-bond acceptors (Lipinski definition) is 2. The third-order valence-corrected chi connectivity index (χ3v) is 5.39. The van der Waals surface area contributed by atoms with Gasteiger partial charge in [0.25, 0.3) is 0 Å². The predicted octanol–water partition coefficient (Wildman–Crippen LogP) is 5.77. The van der Waals surface area contributed by atoms with Crippen LogP contribution in [-0.2, 0) is 11.3 Å². The van der Waals surface area contributed by atoms with Crippen LogP contribution in [0.5, 0.6) is 0 Å². The molecule has 1 N–H and O–H groups in total. The van der Waals surface area contributed by atoms with Crippen molar-refractivity contribution < 1.29 is 9.18 Å². The summed E-state index contributed by atoms with van der Waals surface area (Å²) in [6, 6.07) is 21.4. The van der Waals surface area contributed by atoms with Gasteiger partial charge in [0.05, 0.1) is 23.6 Å². The maximum Gasteiger partial charge on any atom is 0.244 e. The molecule has 1 amide bonds. The molecule has 0 aliphatic rings. The highest BCUT2D eigenvalue weighted by Gasteiger charge is 2.19. The molecule has 0 aliphatic heterocycles. The zero-order valence-corrected chi connectivity index (χ0v) is 17.7. The number of para-hydroxylation sites is 2. The van der Waals surface area contributed by atoms with Gasteiger partial charge in [-0.15, -0.1) is 0 Å². The lowest BCUT2D eigenvalue weighted by atomic mass is 10.2. The number of fused-ring (bicyclic) bond motifs is 1. The van der Waals surface area contributed by atoms with E-state index in [0.29, 0.717) is 16.4 Å². The van der Waals surface area contributed by atoms with Crippen molar-refractivity contribution in [1.82, 2.24) is 14.9 Å². The van der Waals surface area contributed by atoms with Crippen LogP contribution in [0.15, 0.2) is 78.9 Å². The van der Waals surface area contributed by atoms with Crippen molar-refractivity contribution in [2.45, 2.75) is 19.5 Å². The largest absolute Gasteiger partial charge is 0.343 e. The number of rotatable bonds is 6. The molecule has 156 valence electrons. The Labute approximate surface area is 185 Å². The van der Waals surface area contributed by atoms with Gasteiger partial charge in [-0.05, 0) is 42.8 Å². The molecule has 31 heavy (non-hydrogen) atoms. The number of carbonyl (C=O) groups excluding carboxylic acids is 1. The van der Waals surface area contributed by atoms with Crippen LogP contribution in [0.2, 0.25) is 5.02 Å². The zero-order valence-electron chi connectivity index (χ0n) is 16.9. The standard InChI is InChI=1S/C25H21ClFN3O/c1-17(28-24(31)15-14-18-8-3-2-4-9-18)25-29-22-12-5-6-13-23(22)30(25)16-19-20(26)10-7-11-21(19)27/h2-15,17H,16H2,1H3,(H,28,31)/b15-14-. The SMILES string of the molecule is CC(NC(=O)/C=C\c1ccccc1)c1nc2ccccc2n1Cc1c(F)cccc1Cl. The van der Waals surface area contributed by atoms with Gasteiger partial charge >= 0.3 is 0 Å². The number of imidazole rings is 1. The normalized spacial score (nSPS) is 12.4. The molecule has 1 atom stereocenters. The number of benzene rings is 3. The molecule has 6 heteroatoms. The van der Waals surface area contributed by atoms with Gasteiger partial charge in [0.2, 0.25) is 5.91 Å². The number of hydrogen-bond donors (Lipinski definition) is 1. The van der Waals surface area contributed by atoms with Crippen molar-refractivity contribution in [3.05, 3.63) is 107 Å². The van der Waals surface area contributed by atoms with Gasteiger partial charge in [0.15, 0.2) is 0 Å². The van der Waals surface area contributed by atoms with Crippen LogP contribution < -0.4 is 5.32 Å². The fraction of sp³-hybridized carbons (Fsp3) is 0.120. The molecule has 0 fully saturated rings. The van der Waals surface area contributed by atoms with Gasteiger partial charge in [-0.2, -0.15) is 0 Å². The minimum Gasteiger partial charge on any atom is -0.343 e. The van der Waals surface area contributed by atoms with Crippen LogP contribution in [0.4, 0.5) is 4.39 Å². The lowest BCUT2D eigenvalue weighted by molar-refractivity contribution is -0.117. The minimum atomic E-state index is -0.397. The van der Waals surface area contributed by atoms with E-state index >= 15 is 0 Å². The van der Waals surface area contributed by atoms with Gasteiger partial charge in [-0.25, -0.2) is 9.37 Å². The summed E-state index contributed by atoms with van der Waals surface area (Å²) < 4.78 is 16.3. The quantitative estimate of drug-likeness (QED) is 0.392. The predicted molar refractivity (Wildman–Crippen MR) is 122 cm³/mol. The third-order valence-electron chi connectivity index (χ3n) is 5.03. The number of amides is 1. The van der Waals surface area contributed by atoms with E-state index in [2.05, 4.69) is 5.32 Å². The van der Waals surface area contributed by atoms with Gasteiger partial charge in [-0.1, -0.05) is 60.1 Å². The second-order valence-corrected chi connectivity index (χ2v) is 7.63. The molecule has 4 rings (SSSR count). The summed E-state index contributed by atoms with van der Waals surface area (Å²) >= 11 is 6.26. The molecule has 1 unspecified atom stereocenters. The molecule has 4 aromatic rings. The molecule has 3 aromatic carbocycles. The molecular formula is C25H21ClFN3O. The smallest absolute Gasteiger partial charge is 0.244 e. The Morgan fingerprint density at radius 2 is 1.84 bits per heavy atom. The number of aromatic nitrogens is 2. The lowest BCUT2D eigenvalue weighted by Gasteiger charge is -2.16. The Kier molecular flexibility index (Phi) is 6.14. The van der Waals surface area contributed by atoms with E-state index in [0.717, 1.165) is 16.6 Å². The molecule has 0 aliphatic carbocycles. The Morgan fingerprint density at radius 1 is 1.10 bits per heavy atom. The highest BCUT2D eigenvalue weighted by atomic mass is 35.5. The summed E-state index contributed by atoms with van der Waals surface area (Å²) in [5.41, 5.74) is 2.94. The number of nitrogens with one attached hydrogen (secondary N) is 1. The van der Waals surface area contributed by atoms with Crippen LogP contribution in [0, 0.1) is 5.82 Å². The fourth-order valence-electron chi connectivity index (χ4n) is 3.49. The molecule has 1 aromatic heterocycles. The summed E-state index contributed by atoms with van der Waals surface area (Å²) in [6.07, 6.45) is 3.25. The molecule has 0 bridgehead atoms. The first-order valence-electron chi connectivity index (χ1n) is 9.94. The number of halogens is 2. The highest BCUT2D eigenvalue weighted by molar-refractivity contribution is 6.31. The van der Waals surface area contributed by atoms with Gasteiger partial charge in [0, 0.05) is 16.7 Å². The number of carbonyl (C=O) groups is 1. The molecule has 0 saturated heterocycles. The first-order chi connectivity index (χ1) is 15.0. The minimum absolute atomic E-state index is 0.210. The average Bonchev–Trinajstić information content (AvgIpc) is 3.14.